The fraction of sp³-hybridized carbons (Fsp3) is 0.286. The quantitative estimate of drug-likeness (QED) is 0.517. The van der Waals surface area contributed by atoms with Crippen molar-refractivity contribution in [3.05, 3.63) is 69.6 Å². The SMILES string of the molecule is C=C(NC(=O)c1[nH]cnc1C(=O)Nc1cc(Br)ccc1C)NC1=C(C)CCCC1. The minimum absolute atomic E-state index is 0.0164. The van der Waals surface area contributed by atoms with Crippen LogP contribution in [0.5, 0.6) is 0 Å². The van der Waals surface area contributed by atoms with Gasteiger partial charge in [0.15, 0.2) is 5.69 Å². The lowest BCUT2D eigenvalue weighted by atomic mass is 9.97. The molecule has 152 valence electrons. The Morgan fingerprint density at radius 2 is 1.90 bits per heavy atom. The van der Waals surface area contributed by atoms with Crippen LogP contribution < -0.4 is 16.0 Å². The first-order chi connectivity index (χ1) is 13.8. The summed E-state index contributed by atoms with van der Waals surface area (Å²) in [6, 6.07) is 5.57. The topological polar surface area (TPSA) is 98.9 Å². The number of nitrogens with one attached hydrogen (secondary N) is 4. The Bertz CT molecular complexity index is 993. The van der Waals surface area contributed by atoms with Crippen molar-refractivity contribution in [3.63, 3.8) is 0 Å². The van der Waals surface area contributed by atoms with Gasteiger partial charge in [-0.1, -0.05) is 34.1 Å². The highest BCUT2D eigenvalue weighted by Crippen LogP contribution is 2.23. The first kappa shape index (κ1) is 20.9. The molecule has 7 nitrogen and oxygen atoms in total. The Morgan fingerprint density at radius 1 is 1.14 bits per heavy atom. The molecule has 1 heterocycles. The van der Waals surface area contributed by atoms with Crippen molar-refractivity contribution in [2.75, 3.05) is 5.32 Å². The molecule has 0 aliphatic heterocycles. The summed E-state index contributed by atoms with van der Waals surface area (Å²) in [7, 11) is 0. The van der Waals surface area contributed by atoms with Gasteiger partial charge >= 0.3 is 0 Å². The third kappa shape index (κ3) is 5.14. The molecule has 4 N–H and O–H groups in total. The van der Waals surface area contributed by atoms with E-state index in [4.69, 9.17) is 0 Å². The molecule has 2 amide bonds. The molecule has 0 atom stereocenters. The maximum atomic E-state index is 12.7. The van der Waals surface area contributed by atoms with Gasteiger partial charge < -0.3 is 20.9 Å². The Labute approximate surface area is 178 Å². The summed E-state index contributed by atoms with van der Waals surface area (Å²) >= 11 is 3.39. The van der Waals surface area contributed by atoms with Crippen LogP contribution >= 0.6 is 15.9 Å². The van der Waals surface area contributed by atoms with Crippen LogP contribution in [0, 0.1) is 6.92 Å². The molecule has 1 aliphatic rings. The first-order valence-corrected chi connectivity index (χ1v) is 10.2. The molecule has 0 bridgehead atoms. The average Bonchev–Trinajstić information content (AvgIpc) is 3.16. The second-order valence-electron chi connectivity index (χ2n) is 7.06. The van der Waals surface area contributed by atoms with Crippen LogP contribution in [0.25, 0.3) is 0 Å². The number of rotatable bonds is 6. The van der Waals surface area contributed by atoms with Gasteiger partial charge in [0, 0.05) is 15.9 Å². The third-order valence-corrected chi connectivity index (χ3v) is 5.33. The number of carbonyl (C=O) groups is 2. The molecule has 1 aromatic carbocycles. The molecule has 0 spiro atoms. The average molecular weight is 458 g/mol. The lowest BCUT2D eigenvalue weighted by molar-refractivity contribution is 0.0944. The van der Waals surface area contributed by atoms with E-state index in [1.807, 2.05) is 19.1 Å². The minimum atomic E-state index is -0.481. The standard InChI is InChI=1S/C21H24BrN5O2/c1-12-6-4-5-7-16(12)25-14(3)26-20(28)18-19(24-11-23-18)21(29)27-17-10-15(22)9-8-13(17)2/h8-11,25H,3-7H2,1-2H3,(H,23,24)(H,26,28)(H,27,29). The van der Waals surface area contributed by atoms with E-state index >= 15 is 0 Å². The number of aromatic nitrogens is 2. The summed E-state index contributed by atoms with van der Waals surface area (Å²) in [5.41, 5.74) is 4.00. The molecule has 1 aliphatic carbocycles. The Hall–Kier alpha value is -2.87. The van der Waals surface area contributed by atoms with Gasteiger partial charge in [-0.3, -0.25) is 9.59 Å². The number of aromatic amines is 1. The van der Waals surface area contributed by atoms with Crippen LogP contribution in [-0.2, 0) is 0 Å². The fourth-order valence-corrected chi connectivity index (χ4v) is 3.55. The molecule has 0 saturated carbocycles. The number of halogens is 1. The molecule has 0 unspecified atom stereocenters. The van der Waals surface area contributed by atoms with Crippen molar-refractivity contribution in [2.45, 2.75) is 39.5 Å². The summed E-state index contributed by atoms with van der Waals surface area (Å²) < 4.78 is 0.841. The maximum Gasteiger partial charge on any atom is 0.276 e. The number of allylic oxidation sites excluding steroid dienone is 2. The summed E-state index contributed by atoms with van der Waals surface area (Å²) in [5.74, 6) is -0.581. The normalized spacial score (nSPS) is 13.8. The van der Waals surface area contributed by atoms with Crippen LogP contribution in [0.4, 0.5) is 5.69 Å². The number of benzene rings is 1. The number of anilines is 1. The maximum absolute atomic E-state index is 12.7. The highest BCUT2D eigenvalue weighted by atomic mass is 79.9. The predicted molar refractivity (Wildman–Crippen MR) is 116 cm³/mol. The van der Waals surface area contributed by atoms with E-state index < -0.39 is 11.8 Å². The van der Waals surface area contributed by atoms with E-state index in [2.05, 4.69) is 55.4 Å². The zero-order valence-corrected chi connectivity index (χ0v) is 18.1. The van der Waals surface area contributed by atoms with E-state index in [0.717, 1.165) is 35.0 Å². The lowest BCUT2D eigenvalue weighted by Gasteiger charge is -2.20. The summed E-state index contributed by atoms with van der Waals surface area (Å²) in [6.07, 6.45) is 5.59. The second-order valence-corrected chi connectivity index (χ2v) is 7.98. The molecule has 29 heavy (non-hydrogen) atoms. The van der Waals surface area contributed by atoms with Crippen LogP contribution in [-0.4, -0.2) is 21.8 Å². The summed E-state index contributed by atoms with van der Waals surface area (Å²) in [4.78, 5) is 32.1. The number of H-pyrrole nitrogens is 1. The zero-order chi connectivity index (χ0) is 21.0. The fourth-order valence-electron chi connectivity index (χ4n) is 3.19. The van der Waals surface area contributed by atoms with Gasteiger partial charge in [0.1, 0.15) is 11.5 Å². The summed E-state index contributed by atoms with van der Waals surface area (Å²) in [5, 5.41) is 8.67. The molecule has 0 radical (unpaired) electrons. The van der Waals surface area contributed by atoms with Crippen molar-refractivity contribution in [1.29, 1.82) is 0 Å². The number of carbonyl (C=O) groups excluding carboxylic acids is 2. The number of imidazole rings is 1. The highest BCUT2D eigenvalue weighted by molar-refractivity contribution is 9.10. The molecule has 0 saturated heterocycles. The molecular formula is C21H24BrN5O2. The van der Waals surface area contributed by atoms with E-state index in [1.54, 1.807) is 6.07 Å². The Kier molecular flexibility index (Phi) is 6.53. The van der Waals surface area contributed by atoms with E-state index in [-0.39, 0.29) is 11.4 Å². The monoisotopic (exact) mass is 457 g/mol. The van der Waals surface area contributed by atoms with Crippen molar-refractivity contribution in [2.24, 2.45) is 0 Å². The van der Waals surface area contributed by atoms with Crippen LogP contribution in [0.15, 0.2) is 52.7 Å². The number of hydrogen-bond donors (Lipinski definition) is 4. The highest BCUT2D eigenvalue weighted by Gasteiger charge is 2.22. The van der Waals surface area contributed by atoms with E-state index in [1.165, 1.54) is 18.3 Å². The lowest BCUT2D eigenvalue weighted by Crippen LogP contribution is -2.32. The van der Waals surface area contributed by atoms with Crippen molar-refractivity contribution >= 4 is 33.4 Å². The minimum Gasteiger partial charge on any atom is -0.346 e. The molecule has 8 heteroatoms. The molecule has 2 aromatic rings. The van der Waals surface area contributed by atoms with Gasteiger partial charge in [-0.2, -0.15) is 0 Å². The Balaban J connectivity index is 1.68. The van der Waals surface area contributed by atoms with Crippen molar-refractivity contribution in [3.8, 4) is 0 Å². The number of nitrogens with zero attached hydrogens (tertiary/aromatic N) is 1. The zero-order valence-electron chi connectivity index (χ0n) is 16.5. The first-order valence-electron chi connectivity index (χ1n) is 9.42. The largest absolute Gasteiger partial charge is 0.346 e. The number of amides is 2. The van der Waals surface area contributed by atoms with E-state index in [9.17, 15) is 9.59 Å². The second kappa shape index (κ2) is 9.09. The number of aryl methyl sites for hydroxylation is 1. The predicted octanol–water partition coefficient (Wildman–Crippen LogP) is 4.37. The van der Waals surface area contributed by atoms with Gasteiger partial charge in [-0.15, -0.1) is 0 Å². The van der Waals surface area contributed by atoms with Gasteiger partial charge in [0.05, 0.1) is 6.33 Å². The van der Waals surface area contributed by atoms with Gasteiger partial charge in [0.25, 0.3) is 11.8 Å². The van der Waals surface area contributed by atoms with E-state index in [0.29, 0.717) is 11.5 Å². The van der Waals surface area contributed by atoms with Crippen molar-refractivity contribution in [1.82, 2.24) is 20.6 Å². The van der Waals surface area contributed by atoms with Gasteiger partial charge in [-0.25, -0.2) is 4.98 Å². The van der Waals surface area contributed by atoms with Crippen LogP contribution in [0.2, 0.25) is 0 Å². The molecule has 3 rings (SSSR count). The molecular weight excluding hydrogens is 434 g/mol. The van der Waals surface area contributed by atoms with Gasteiger partial charge in [-0.05, 0) is 57.2 Å². The van der Waals surface area contributed by atoms with Crippen LogP contribution in [0.1, 0.15) is 59.1 Å². The van der Waals surface area contributed by atoms with Crippen LogP contribution in [0.3, 0.4) is 0 Å². The Morgan fingerprint density at radius 3 is 2.66 bits per heavy atom. The van der Waals surface area contributed by atoms with Crippen molar-refractivity contribution < 1.29 is 9.59 Å². The number of hydrogen-bond acceptors (Lipinski definition) is 4. The molecule has 0 fully saturated rings. The third-order valence-electron chi connectivity index (χ3n) is 4.84. The van der Waals surface area contributed by atoms with Gasteiger partial charge in [0.2, 0.25) is 0 Å². The smallest absolute Gasteiger partial charge is 0.276 e. The molecule has 1 aromatic heterocycles. The summed E-state index contributed by atoms with van der Waals surface area (Å²) in [6.45, 7) is 7.85.